The third-order valence-corrected chi connectivity index (χ3v) is 2.09. The van der Waals surface area contributed by atoms with Gasteiger partial charge in [0.2, 0.25) is 0 Å². The van der Waals surface area contributed by atoms with Crippen LogP contribution in [-0.2, 0) is 0 Å². The molecule has 4 N–H and O–H groups in total. The highest BCUT2D eigenvalue weighted by Gasteiger charge is 2.05. The van der Waals surface area contributed by atoms with Crippen LogP contribution in [0.3, 0.4) is 0 Å². The first-order valence-electron chi connectivity index (χ1n) is 4.29. The van der Waals surface area contributed by atoms with E-state index in [9.17, 15) is 4.39 Å². The van der Waals surface area contributed by atoms with Crippen LogP contribution in [0.4, 0.5) is 10.1 Å². The Morgan fingerprint density at radius 2 is 2.33 bits per heavy atom. The van der Waals surface area contributed by atoms with E-state index in [2.05, 4.69) is 10.5 Å². The molecule has 0 aliphatic rings. The molecule has 0 saturated heterocycles. The molecule has 0 unspecified atom stereocenters. The van der Waals surface area contributed by atoms with Crippen molar-refractivity contribution in [1.29, 1.82) is 0 Å². The molecule has 4 nitrogen and oxygen atoms in total. The summed E-state index contributed by atoms with van der Waals surface area (Å²) in [6, 6.07) is 4.40. The maximum absolute atomic E-state index is 13.2. The van der Waals surface area contributed by atoms with Crippen LogP contribution in [0.2, 0.25) is 5.02 Å². The summed E-state index contributed by atoms with van der Waals surface area (Å²) in [5.74, 6) is -0.350. The smallest absolute Gasteiger partial charge is 0.147 e. The minimum Gasteiger partial charge on any atom is -0.409 e. The zero-order chi connectivity index (χ0) is 11.3. The molecular formula is C9H11ClFN3O. The third-order valence-electron chi connectivity index (χ3n) is 1.77. The van der Waals surface area contributed by atoms with E-state index in [1.807, 2.05) is 0 Å². The zero-order valence-electron chi connectivity index (χ0n) is 7.87. The summed E-state index contributed by atoms with van der Waals surface area (Å²) >= 11 is 5.77. The molecule has 0 aliphatic carbocycles. The molecule has 1 rings (SSSR count). The minimum atomic E-state index is -0.429. The molecule has 0 saturated carbocycles. The van der Waals surface area contributed by atoms with Crippen LogP contribution in [0, 0.1) is 5.82 Å². The number of nitrogens with zero attached hydrogens (tertiary/aromatic N) is 1. The fourth-order valence-electron chi connectivity index (χ4n) is 1.03. The van der Waals surface area contributed by atoms with Crippen LogP contribution in [-0.4, -0.2) is 17.6 Å². The Balaban J connectivity index is 2.58. The average molecular weight is 232 g/mol. The van der Waals surface area contributed by atoms with Gasteiger partial charge in [0.25, 0.3) is 0 Å². The van der Waals surface area contributed by atoms with E-state index < -0.39 is 5.82 Å². The van der Waals surface area contributed by atoms with Crippen molar-refractivity contribution in [1.82, 2.24) is 0 Å². The standard InChI is InChI=1S/C9H11ClFN3O/c10-6-2-1-3-7(11)9(6)13-5-4-8(12)14-15/h1-3,13,15H,4-5H2,(H2,12,14). The maximum atomic E-state index is 13.2. The molecular weight excluding hydrogens is 221 g/mol. The van der Waals surface area contributed by atoms with Crippen molar-refractivity contribution in [3.8, 4) is 0 Å². The van der Waals surface area contributed by atoms with E-state index in [0.717, 1.165) is 0 Å². The number of para-hydroxylation sites is 1. The lowest BCUT2D eigenvalue weighted by Gasteiger charge is -2.08. The molecule has 0 aliphatic heterocycles. The Hall–Kier alpha value is -1.49. The largest absolute Gasteiger partial charge is 0.409 e. The lowest BCUT2D eigenvalue weighted by atomic mass is 10.3. The molecule has 0 bridgehead atoms. The van der Waals surface area contributed by atoms with Gasteiger partial charge in [0, 0.05) is 13.0 Å². The summed E-state index contributed by atoms with van der Waals surface area (Å²) in [5.41, 5.74) is 5.47. The summed E-state index contributed by atoms with van der Waals surface area (Å²) in [4.78, 5) is 0. The number of hydrogen-bond acceptors (Lipinski definition) is 3. The first kappa shape index (κ1) is 11.6. The van der Waals surface area contributed by atoms with Gasteiger partial charge in [0.05, 0.1) is 10.7 Å². The molecule has 15 heavy (non-hydrogen) atoms. The van der Waals surface area contributed by atoms with Gasteiger partial charge in [-0.1, -0.05) is 22.8 Å². The van der Waals surface area contributed by atoms with Crippen molar-refractivity contribution < 1.29 is 9.60 Å². The molecule has 1 aromatic rings. The van der Waals surface area contributed by atoms with E-state index in [1.165, 1.54) is 12.1 Å². The van der Waals surface area contributed by atoms with Crippen LogP contribution in [0.5, 0.6) is 0 Å². The highest BCUT2D eigenvalue weighted by Crippen LogP contribution is 2.24. The fraction of sp³-hybridized carbons (Fsp3) is 0.222. The molecule has 0 heterocycles. The van der Waals surface area contributed by atoms with Gasteiger partial charge < -0.3 is 16.3 Å². The number of benzene rings is 1. The second kappa shape index (κ2) is 5.41. The summed E-state index contributed by atoms with van der Waals surface area (Å²) in [5, 5.41) is 14.1. The first-order valence-corrected chi connectivity index (χ1v) is 4.67. The van der Waals surface area contributed by atoms with E-state index in [4.69, 9.17) is 22.5 Å². The topological polar surface area (TPSA) is 70.6 Å². The minimum absolute atomic E-state index is 0.0787. The summed E-state index contributed by atoms with van der Waals surface area (Å²) in [7, 11) is 0. The van der Waals surface area contributed by atoms with Crippen molar-refractivity contribution in [2.75, 3.05) is 11.9 Å². The van der Waals surface area contributed by atoms with Gasteiger partial charge in [0.1, 0.15) is 11.7 Å². The molecule has 0 fully saturated rings. The van der Waals surface area contributed by atoms with Gasteiger partial charge in [-0.15, -0.1) is 0 Å². The number of nitrogens with one attached hydrogen (secondary N) is 1. The van der Waals surface area contributed by atoms with Gasteiger partial charge in [0.15, 0.2) is 0 Å². The number of nitrogens with two attached hydrogens (primary N) is 1. The van der Waals surface area contributed by atoms with Gasteiger partial charge in [-0.2, -0.15) is 0 Å². The molecule has 1 aromatic carbocycles. The van der Waals surface area contributed by atoms with E-state index in [-0.39, 0.29) is 11.5 Å². The normalized spacial score (nSPS) is 11.5. The molecule has 0 atom stereocenters. The molecule has 6 heteroatoms. The van der Waals surface area contributed by atoms with Crippen molar-refractivity contribution >= 4 is 23.1 Å². The number of amidine groups is 1. The predicted octanol–water partition coefficient (Wildman–Crippen LogP) is 2.03. The van der Waals surface area contributed by atoms with Gasteiger partial charge in [-0.05, 0) is 12.1 Å². The summed E-state index contributed by atoms with van der Waals surface area (Å²) in [6.45, 7) is 0.344. The van der Waals surface area contributed by atoms with Crippen molar-refractivity contribution in [2.24, 2.45) is 10.9 Å². The monoisotopic (exact) mass is 231 g/mol. The Morgan fingerprint density at radius 3 is 2.93 bits per heavy atom. The van der Waals surface area contributed by atoms with Crippen LogP contribution in [0.1, 0.15) is 6.42 Å². The second-order valence-electron chi connectivity index (χ2n) is 2.86. The Morgan fingerprint density at radius 1 is 1.60 bits per heavy atom. The average Bonchev–Trinajstić information content (AvgIpc) is 2.22. The molecule has 0 spiro atoms. The van der Waals surface area contributed by atoms with E-state index in [1.54, 1.807) is 6.07 Å². The third kappa shape index (κ3) is 3.28. The number of halogens is 2. The SMILES string of the molecule is N/C(CCNc1c(F)cccc1Cl)=N/O. The van der Waals surface area contributed by atoms with Gasteiger partial charge in [-0.25, -0.2) is 4.39 Å². The molecule has 0 amide bonds. The number of hydrogen-bond donors (Lipinski definition) is 3. The lowest BCUT2D eigenvalue weighted by Crippen LogP contribution is -2.17. The summed E-state index contributed by atoms with van der Waals surface area (Å²) < 4.78 is 13.2. The van der Waals surface area contributed by atoms with Gasteiger partial charge in [-0.3, -0.25) is 0 Å². The molecule has 82 valence electrons. The van der Waals surface area contributed by atoms with Crippen molar-refractivity contribution in [3.63, 3.8) is 0 Å². The van der Waals surface area contributed by atoms with Crippen LogP contribution >= 0.6 is 11.6 Å². The summed E-state index contributed by atoms with van der Waals surface area (Å²) in [6.07, 6.45) is 0.307. The van der Waals surface area contributed by atoms with Crippen LogP contribution in [0.25, 0.3) is 0 Å². The Kier molecular flexibility index (Phi) is 4.17. The Labute approximate surface area is 91.5 Å². The predicted molar refractivity (Wildman–Crippen MR) is 57.9 cm³/mol. The van der Waals surface area contributed by atoms with Crippen LogP contribution in [0.15, 0.2) is 23.4 Å². The maximum Gasteiger partial charge on any atom is 0.147 e. The highest BCUT2D eigenvalue weighted by atomic mass is 35.5. The second-order valence-corrected chi connectivity index (χ2v) is 3.27. The Bertz CT molecular complexity index is 350. The zero-order valence-corrected chi connectivity index (χ0v) is 8.63. The van der Waals surface area contributed by atoms with Gasteiger partial charge >= 0.3 is 0 Å². The number of anilines is 1. The molecule has 0 radical (unpaired) electrons. The van der Waals surface area contributed by atoms with Crippen molar-refractivity contribution in [3.05, 3.63) is 29.0 Å². The van der Waals surface area contributed by atoms with E-state index >= 15 is 0 Å². The van der Waals surface area contributed by atoms with E-state index in [0.29, 0.717) is 18.0 Å². The van der Waals surface area contributed by atoms with Crippen LogP contribution < -0.4 is 11.1 Å². The fourth-order valence-corrected chi connectivity index (χ4v) is 1.26. The first-order chi connectivity index (χ1) is 7.15. The molecule has 0 aromatic heterocycles. The quantitative estimate of drug-likeness (QED) is 0.321. The number of rotatable bonds is 4. The lowest BCUT2D eigenvalue weighted by molar-refractivity contribution is 0.317. The van der Waals surface area contributed by atoms with Crippen molar-refractivity contribution in [2.45, 2.75) is 6.42 Å². The highest BCUT2D eigenvalue weighted by molar-refractivity contribution is 6.33. The number of oxime groups is 1.